The van der Waals surface area contributed by atoms with Gasteiger partial charge < -0.3 is 14.7 Å². The average molecular weight is 397 g/mol. The Bertz CT molecular complexity index is 923. The molecule has 150 valence electrons. The Labute approximate surface area is 166 Å². The molecule has 2 aromatic rings. The Morgan fingerprint density at radius 2 is 1.66 bits per heavy atom. The highest BCUT2D eigenvalue weighted by Crippen LogP contribution is 2.28. The van der Waals surface area contributed by atoms with Gasteiger partial charge in [-0.25, -0.2) is 4.79 Å². The first-order valence-electron chi connectivity index (χ1n) is 9.08. The molecule has 2 amide bonds. The summed E-state index contributed by atoms with van der Waals surface area (Å²) in [6.07, 6.45) is 0.260. The highest BCUT2D eigenvalue weighted by atomic mass is 16.7. The molecule has 0 aromatic heterocycles. The molecule has 0 unspecified atom stereocenters. The van der Waals surface area contributed by atoms with Crippen LogP contribution in [0.3, 0.4) is 0 Å². The number of ether oxygens (including phenoxy) is 1. The van der Waals surface area contributed by atoms with Crippen molar-refractivity contribution in [1.82, 2.24) is 5.06 Å². The van der Waals surface area contributed by atoms with E-state index in [2.05, 4.69) is 0 Å². The molecule has 1 aliphatic heterocycles. The van der Waals surface area contributed by atoms with Crippen LogP contribution in [-0.4, -0.2) is 40.3 Å². The number of carbonyl (C=O) groups excluding carboxylic acids is 4. The molecule has 8 heteroatoms. The van der Waals surface area contributed by atoms with Crippen molar-refractivity contribution in [2.45, 2.75) is 25.7 Å². The lowest BCUT2D eigenvalue weighted by atomic mass is 10.0. The number of hydrogen-bond acceptors (Lipinski definition) is 7. The van der Waals surface area contributed by atoms with Crippen LogP contribution in [0.4, 0.5) is 0 Å². The Kier molecular flexibility index (Phi) is 6.23. The topological polar surface area (TPSA) is 110 Å². The van der Waals surface area contributed by atoms with E-state index in [-0.39, 0.29) is 49.6 Å². The molecule has 2 aromatic carbocycles. The smallest absolute Gasteiger partial charge is 0.333 e. The second kappa shape index (κ2) is 9.01. The van der Waals surface area contributed by atoms with Gasteiger partial charge >= 0.3 is 5.97 Å². The van der Waals surface area contributed by atoms with Gasteiger partial charge in [-0.1, -0.05) is 30.3 Å². The summed E-state index contributed by atoms with van der Waals surface area (Å²) in [6, 6.07) is 13.0. The van der Waals surface area contributed by atoms with Crippen LogP contribution in [0, 0.1) is 0 Å². The number of imide groups is 1. The fourth-order valence-electron chi connectivity index (χ4n) is 2.74. The van der Waals surface area contributed by atoms with Gasteiger partial charge in [-0.05, 0) is 24.6 Å². The lowest BCUT2D eigenvalue weighted by Crippen LogP contribution is -2.32. The zero-order valence-electron chi connectivity index (χ0n) is 15.5. The Hall–Kier alpha value is -3.68. The van der Waals surface area contributed by atoms with Gasteiger partial charge in [0.1, 0.15) is 0 Å². The first-order valence-corrected chi connectivity index (χ1v) is 9.08. The van der Waals surface area contributed by atoms with E-state index in [1.165, 1.54) is 12.1 Å². The van der Waals surface area contributed by atoms with Crippen LogP contribution in [0.2, 0.25) is 0 Å². The molecule has 1 aliphatic rings. The Morgan fingerprint density at radius 3 is 2.31 bits per heavy atom. The van der Waals surface area contributed by atoms with Crippen LogP contribution in [0.25, 0.3) is 0 Å². The fourth-order valence-corrected chi connectivity index (χ4v) is 2.74. The summed E-state index contributed by atoms with van der Waals surface area (Å²) in [4.78, 5) is 51.6. The molecule has 0 bridgehead atoms. The minimum absolute atomic E-state index is 0.0390. The summed E-state index contributed by atoms with van der Waals surface area (Å²) < 4.78 is 5.42. The summed E-state index contributed by atoms with van der Waals surface area (Å²) in [6.45, 7) is 0.0938. The van der Waals surface area contributed by atoms with Gasteiger partial charge in [0.2, 0.25) is 0 Å². The van der Waals surface area contributed by atoms with Crippen molar-refractivity contribution in [2.75, 3.05) is 6.61 Å². The molecule has 3 rings (SSSR count). The monoisotopic (exact) mass is 397 g/mol. The van der Waals surface area contributed by atoms with Crippen LogP contribution in [0.15, 0.2) is 48.5 Å². The maximum absolute atomic E-state index is 12.4. The van der Waals surface area contributed by atoms with Crippen molar-refractivity contribution in [3.05, 3.63) is 59.7 Å². The van der Waals surface area contributed by atoms with Crippen molar-refractivity contribution in [3.63, 3.8) is 0 Å². The number of carbonyl (C=O) groups is 4. The van der Waals surface area contributed by atoms with Crippen LogP contribution in [0.1, 0.15) is 41.6 Å². The molecule has 0 aliphatic carbocycles. The van der Waals surface area contributed by atoms with Gasteiger partial charge in [-0.3, -0.25) is 14.4 Å². The van der Waals surface area contributed by atoms with Gasteiger partial charge in [0, 0.05) is 24.0 Å². The van der Waals surface area contributed by atoms with E-state index in [4.69, 9.17) is 9.57 Å². The Morgan fingerprint density at radius 1 is 0.966 bits per heavy atom. The maximum Gasteiger partial charge on any atom is 0.333 e. The predicted octanol–water partition coefficient (Wildman–Crippen LogP) is 2.39. The third-order valence-corrected chi connectivity index (χ3v) is 4.24. The lowest BCUT2D eigenvalue weighted by Gasteiger charge is -2.13. The Balaban J connectivity index is 1.47. The molecule has 1 heterocycles. The van der Waals surface area contributed by atoms with E-state index in [9.17, 15) is 24.3 Å². The van der Waals surface area contributed by atoms with E-state index in [1.807, 2.05) is 6.07 Å². The van der Waals surface area contributed by atoms with Crippen molar-refractivity contribution < 1.29 is 33.9 Å². The van der Waals surface area contributed by atoms with Gasteiger partial charge in [-0.15, -0.1) is 5.06 Å². The molecule has 1 fully saturated rings. The van der Waals surface area contributed by atoms with E-state index in [0.717, 1.165) is 0 Å². The summed E-state index contributed by atoms with van der Waals surface area (Å²) in [5.74, 6) is -2.02. The van der Waals surface area contributed by atoms with Crippen molar-refractivity contribution in [2.24, 2.45) is 0 Å². The molecule has 1 saturated heterocycles. The van der Waals surface area contributed by atoms with Gasteiger partial charge in [0.15, 0.2) is 17.3 Å². The first kappa shape index (κ1) is 20.1. The SMILES string of the molecule is O=C(CCCOc1ccc(C(=O)c2ccccc2)cc1O)ON1C(=O)CCC1=O. The first-order chi connectivity index (χ1) is 14.0. The zero-order valence-corrected chi connectivity index (χ0v) is 15.5. The van der Waals surface area contributed by atoms with E-state index in [1.54, 1.807) is 30.3 Å². The normalized spacial score (nSPS) is 13.4. The molecule has 0 atom stereocenters. The number of rotatable bonds is 8. The minimum atomic E-state index is -0.717. The number of phenolic OH excluding ortho intramolecular Hbond substituents is 1. The third kappa shape index (κ3) is 4.98. The molecule has 0 spiro atoms. The molecule has 0 radical (unpaired) electrons. The van der Waals surface area contributed by atoms with Gasteiger partial charge in [0.25, 0.3) is 11.8 Å². The second-order valence-electron chi connectivity index (χ2n) is 6.37. The average Bonchev–Trinajstić information content (AvgIpc) is 3.04. The number of nitrogens with zero attached hydrogens (tertiary/aromatic N) is 1. The van der Waals surface area contributed by atoms with Crippen molar-refractivity contribution >= 4 is 23.6 Å². The van der Waals surface area contributed by atoms with Gasteiger partial charge in [-0.2, -0.15) is 0 Å². The quantitative estimate of drug-likeness (QED) is 0.414. The van der Waals surface area contributed by atoms with E-state index in [0.29, 0.717) is 16.2 Å². The number of hydrogen-bond donors (Lipinski definition) is 1. The number of aromatic hydroxyl groups is 1. The maximum atomic E-state index is 12.4. The number of phenols is 1. The van der Waals surface area contributed by atoms with E-state index < -0.39 is 17.8 Å². The number of amides is 2. The van der Waals surface area contributed by atoms with Crippen LogP contribution < -0.4 is 4.74 Å². The fraction of sp³-hybridized carbons (Fsp3) is 0.238. The molecular formula is C21H19NO7. The third-order valence-electron chi connectivity index (χ3n) is 4.24. The van der Waals surface area contributed by atoms with Crippen LogP contribution in [0.5, 0.6) is 11.5 Å². The van der Waals surface area contributed by atoms with Gasteiger partial charge in [0.05, 0.1) is 13.0 Å². The molecule has 29 heavy (non-hydrogen) atoms. The number of ketones is 1. The summed E-state index contributed by atoms with van der Waals surface area (Å²) in [5.41, 5.74) is 0.832. The summed E-state index contributed by atoms with van der Waals surface area (Å²) in [7, 11) is 0. The summed E-state index contributed by atoms with van der Waals surface area (Å²) >= 11 is 0. The largest absolute Gasteiger partial charge is 0.504 e. The lowest BCUT2D eigenvalue weighted by molar-refractivity contribution is -0.197. The molecule has 0 saturated carbocycles. The zero-order chi connectivity index (χ0) is 20.8. The minimum Gasteiger partial charge on any atom is -0.504 e. The number of benzene rings is 2. The molecular weight excluding hydrogens is 378 g/mol. The highest BCUT2D eigenvalue weighted by Gasteiger charge is 2.32. The van der Waals surface area contributed by atoms with Crippen molar-refractivity contribution in [3.8, 4) is 11.5 Å². The highest BCUT2D eigenvalue weighted by molar-refractivity contribution is 6.09. The standard InChI is InChI=1S/C21H19NO7/c23-16-13-15(21(27)14-5-2-1-3-6-14)8-9-17(16)28-12-4-7-20(26)29-22-18(24)10-11-19(22)25/h1-3,5-6,8-9,13,23H,4,7,10-12H2. The molecule has 1 N–H and O–H groups in total. The second-order valence-corrected chi connectivity index (χ2v) is 6.37. The van der Waals surface area contributed by atoms with Crippen LogP contribution >= 0.6 is 0 Å². The molecule has 8 nitrogen and oxygen atoms in total. The predicted molar refractivity (Wildman–Crippen MR) is 99.9 cm³/mol. The number of hydroxylamine groups is 2. The van der Waals surface area contributed by atoms with Crippen LogP contribution in [-0.2, 0) is 19.2 Å². The van der Waals surface area contributed by atoms with Crippen molar-refractivity contribution in [1.29, 1.82) is 0 Å². The summed E-state index contributed by atoms with van der Waals surface area (Å²) in [5, 5.41) is 10.6. The van der Waals surface area contributed by atoms with E-state index >= 15 is 0 Å².